The Morgan fingerprint density at radius 1 is 1.18 bits per heavy atom. The first-order valence-corrected chi connectivity index (χ1v) is 12.0. The molecule has 0 aliphatic rings. The molecular formula is C17H24BrNO2Si. The number of hydrogen-bond donors (Lipinski definition) is 0. The van der Waals surface area contributed by atoms with Gasteiger partial charge in [0, 0.05) is 32.0 Å². The molecule has 22 heavy (non-hydrogen) atoms. The molecule has 1 aromatic carbocycles. The van der Waals surface area contributed by atoms with Gasteiger partial charge in [-0.05, 0) is 34.1 Å². The van der Waals surface area contributed by atoms with Crippen molar-refractivity contribution >= 4 is 24.0 Å². The van der Waals surface area contributed by atoms with Crippen molar-refractivity contribution in [2.75, 3.05) is 13.7 Å². The van der Waals surface area contributed by atoms with E-state index in [2.05, 4.69) is 58.5 Å². The lowest BCUT2D eigenvalue weighted by atomic mass is 10.1. The van der Waals surface area contributed by atoms with Crippen molar-refractivity contribution in [3.63, 3.8) is 0 Å². The van der Waals surface area contributed by atoms with E-state index in [1.165, 1.54) is 6.04 Å². The van der Waals surface area contributed by atoms with Crippen LogP contribution in [-0.2, 0) is 11.5 Å². The number of nitrogens with zero attached hydrogens (tertiary/aromatic N) is 1. The van der Waals surface area contributed by atoms with Crippen LogP contribution in [0.25, 0.3) is 11.1 Å². The fourth-order valence-corrected chi connectivity index (χ4v) is 3.36. The number of ether oxygens (including phenoxy) is 2. The molecule has 0 bridgehead atoms. The Labute approximate surface area is 142 Å². The molecule has 0 N–H and O–H groups in total. The number of para-hydroxylation sites is 1. The van der Waals surface area contributed by atoms with Gasteiger partial charge in [0.15, 0.2) is 0 Å². The summed E-state index contributed by atoms with van der Waals surface area (Å²) >= 11 is 3.60. The smallest absolute Gasteiger partial charge is 0.126 e. The summed E-state index contributed by atoms with van der Waals surface area (Å²) < 4.78 is 14.3. The predicted octanol–water partition coefficient (Wildman–Crippen LogP) is 5.24. The third kappa shape index (κ3) is 4.73. The van der Waals surface area contributed by atoms with Gasteiger partial charge in [0.25, 0.3) is 0 Å². The maximum absolute atomic E-state index is 5.82. The molecule has 2 aromatic rings. The van der Waals surface area contributed by atoms with Gasteiger partial charge in [0.05, 0.1) is 11.7 Å². The zero-order valence-electron chi connectivity index (χ0n) is 13.7. The third-order valence-corrected chi connectivity index (χ3v) is 5.88. The van der Waals surface area contributed by atoms with Crippen LogP contribution in [0.2, 0.25) is 25.7 Å². The second-order valence-corrected chi connectivity index (χ2v) is 13.0. The minimum absolute atomic E-state index is 0.570. The Morgan fingerprint density at radius 2 is 1.91 bits per heavy atom. The van der Waals surface area contributed by atoms with Crippen molar-refractivity contribution in [3.05, 3.63) is 41.1 Å². The molecule has 5 heteroatoms. The van der Waals surface area contributed by atoms with Gasteiger partial charge in [0.1, 0.15) is 12.5 Å². The molecule has 1 heterocycles. The van der Waals surface area contributed by atoms with E-state index in [4.69, 9.17) is 9.47 Å². The van der Waals surface area contributed by atoms with Gasteiger partial charge in [-0.1, -0.05) is 37.8 Å². The van der Waals surface area contributed by atoms with E-state index in [1.54, 1.807) is 7.11 Å². The van der Waals surface area contributed by atoms with Gasteiger partial charge < -0.3 is 14.0 Å². The normalized spacial score (nSPS) is 11.7. The maximum Gasteiger partial charge on any atom is 0.126 e. The molecular weight excluding hydrogens is 358 g/mol. The van der Waals surface area contributed by atoms with Crippen LogP contribution >= 0.6 is 15.9 Å². The summed E-state index contributed by atoms with van der Waals surface area (Å²) in [6.45, 7) is 8.48. The lowest BCUT2D eigenvalue weighted by Gasteiger charge is -2.15. The Hall–Kier alpha value is -1.04. The second-order valence-electron chi connectivity index (χ2n) is 6.57. The number of aromatic nitrogens is 1. The minimum Gasteiger partial charge on any atom is -0.496 e. The van der Waals surface area contributed by atoms with E-state index in [1.807, 2.05) is 18.2 Å². The van der Waals surface area contributed by atoms with Gasteiger partial charge in [0.2, 0.25) is 0 Å². The Bertz CT molecular complexity index is 619. The number of methoxy groups -OCH3 is 1. The highest BCUT2D eigenvalue weighted by Crippen LogP contribution is 2.32. The number of hydrogen-bond acceptors (Lipinski definition) is 2. The molecule has 2 rings (SSSR count). The Kier molecular flexibility index (Phi) is 5.89. The van der Waals surface area contributed by atoms with E-state index in [9.17, 15) is 0 Å². The van der Waals surface area contributed by atoms with Crippen LogP contribution in [-0.4, -0.2) is 26.4 Å². The molecule has 0 saturated carbocycles. The van der Waals surface area contributed by atoms with Crippen LogP contribution in [0.3, 0.4) is 0 Å². The van der Waals surface area contributed by atoms with Crippen LogP contribution in [0.1, 0.15) is 0 Å². The highest BCUT2D eigenvalue weighted by Gasteiger charge is 2.13. The average molecular weight is 382 g/mol. The molecule has 0 amide bonds. The molecule has 120 valence electrons. The van der Waals surface area contributed by atoms with E-state index in [0.717, 1.165) is 28.1 Å². The van der Waals surface area contributed by atoms with Crippen molar-refractivity contribution in [2.45, 2.75) is 32.4 Å². The molecule has 0 radical (unpaired) electrons. The number of rotatable bonds is 7. The van der Waals surface area contributed by atoms with Gasteiger partial charge in [-0.3, -0.25) is 0 Å². The quantitative estimate of drug-likeness (QED) is 0.483. The third-order valence-electron chi connectivity index (χ3n) is 3.49. The van der Waals surface area contributed by atoms with Gasteiger partial charge in [-0.15, -0.1) is 0 Å². The van der Waals surface area contributed by atoms with E-state index < -0.39 is 8.07 Å². The number of halogens is 1. The summed E-state index contributed by atoms with van der Waals surface area (Å²) in [5.74, 6) is 0.881. The zero-order chi connectivity index (χ0) is 16.2. The van der Waals surface area contributed by atoms with Crippen molar-refractivity contribution in [1.82, 2.24) is 4.57 Å². The number of benzene rings is 1. The first kappa shape index (κ1) is 17.3. The summed E-state index contributed by atoms with van der Waals surface area (Å²) in [5, 5.41) is 0. The van der Waals surface area contributed by atoms with E-state index in [0.29, 0.717) is 6.73 Å². The van der Waals surface area contributed by atoms with Crippen molar-refractivity contribution in [1.29, 1.82) is 0 Å². The van der Waals surface area contributed by atoms with Crippen LogP contribution < -0.4 is 4.74 Å². The summed E-state index contributed by atoms with van der Waals surface area (Å²) in [6.07, 6.45) is 2.09. The van der Waals surface area contributed by atoms with Crippen LogP contribution in [0, 0.1) is 0 Å². The monoisotopic (exact) mass is 381 g/mol. The molecule has 0 spiro atoms. The molecule has 0 atom stereocenters. The Balaban J connectivity index is 2.05. The van der Waals surface area contributed by atoms with Crippen LogP contribution in [0.15, 0.2) is 41.1 Å². The lowest BCUT2D eigenvalue weighted by molar-refractivity contribution is 0.0861. The van der Waals surface area contributed by atoms with Crippen molar-refractivity contribution in [2.24, 2.45) is 0 Å². The molecule has 3 nitrogen and oxygen atoms in total. The first-order chi connectivity index (χ1) is 10.4. The standard InChI is InChI=1S/C17H24BrNO2Si/c1-20-16-8-6-5-7-15(16)14-11-17(18)19(12-14)13-21-9-10-22(2,3)4/h5-8,11-12H,9-10,13H2,1-4H3. The molecule has 0 unspecified atom stereocenters. The summed E-state index contributed by atoms with van der Waals surface area (Å²) in [4.78, 5) is 0. The Morgan fingerprint density at radius 3 is 2.59 bits per heavy atom. The van der Waals surface area contributed by atoms with Gasteiger partial charge in [-0.2, -0.15) is 0 Å². The molecule has 1 aromatic heterocycles. The molecule has 0 aliphatic carbocycles. The van der Waals surface area contributed by atoms with Gasteiger partial charge >= 0.3 is 0 Å². The summed E-state index contributed by atoms with van der Waals surface area (Å²) in [5.41, 5.74) is 2.21. The van der Waals surface area contributed by atoms with Crippen molar-refractivity contribution < 1.29 is 9.47 Å². The SMILES string of the molecule is COc1ccccc1-c1cc(Br)n(COCC[Si](C)(C)C)c1. The van der Waals surface area contributed by atoms with E-state index >= 15 is 0 Å². The van der Waals surface area contributed by atoms with E-state index in [-0.39, 0.29) is 0 Å². The first-order valence-electron chi connectivity index (χ1n) is 7.47. The van der Waals surface area contributed by atoms with Crippen molar-refractivity contribution in [3.8, 4) is 16.9 Å². The average Bonchev–Trinajstić information content (AvgIpc) is 2.83. The molecule has 0 fully saturated rings. The van der Waals surface area contributed by atoms with Crippen LogP contribution in [0.5, 0.6) is 5.75 Å². The highest BCUT2D eigenvalue weighted by molar-refractivity contribution is 9.10. The fraction of sp³-hybridized carbons (Fsp3) is 0.412. The topological polar surface area (TPSA) is 23.4 Å². The highest BCUT2D eigenvalue weighted by atomic mass is 79.9. The molecule has 0 aliphatic heterocycles. The second kappa shape index (κ2) is 7.48. The maximum atomic E-state index is 5.82. The zero-order valence-corrected chi connectivity index (χ0v) is 16.3. The minimum atomic E-state index is -1.03. The predicted molar refractivity (Wildman–Crippen MR) is 98.2 cm³/mol. The lowest BCUT2D eigenvalue weighted by Crippen LogP contribution is -2.22. The van der Waals surface area contributed by atoms with Gasteiger partial charge in [-0.25, -0.2) is 0 Å². The largest absolute Gasteiger partial charge is 0.496 e. The molecule has 0 saturated heterocycles. The fourth-order valence-electron chi connectivity index (χ4n) is 2.15. The summed E-state index contributed by atoms with van der Waals surface area (Å²) in [7, 11) is 0.667. The summed E-state index contributed by atoms with van der Waals surface area (Å²) in [6, 6.07) is 11.3. The van der Waals surface area contributed by atoms with Crippen LogP contribution in [0.4, 0.5) is 0 Å².